The van der Waals surface area contributed by atoms with Gasteiger partial charge in [-0.2, -0.15) is 4.31 Å². The van der Waals surface area contributed by atoms with Crippen molar-refractivity contribution in [2.75, 3.05) is 13.1 Å². The number of aromatic nitrogens is 2. The minimum Gasteiger partial charge on any atom is -0.334 e. The number of hydrogen-bond acceptors (Lipinski definition) is 3. The molecule has 0 bridgehead atoms. The Morgan fingerprint density at radius 2 is 1.92 bits per heavy atom. The van der Waals surface area contributed by atoms with Crippen molar-refractivity contribution < 1.29 is 8.42 Å². The third-order valence-electron chi connectivity index (χ3n) is 4.75. The van der Waals surface area contributed by atoms with E-state index >= 15 is 0 Å². The number of benzene rings is 1. The van der Waals surface area contributed by atoms with Gasteiger partial charge in [0.1, 0.15) is 0 Å². The summed E-state index contributed by atoms with van der Waals surface area (Å²) in [6, 6.07) is 7.91. The molecule has 1 aliphatic heterocycles. The topological polar surface area (TPSA) is 55.2 Å². The Kier molecular flexibility index (Phi) is 5.51. The molecule has 1 aromatic heterocycles. The molecule has 136 valence electrons. The second kappa shape index (κ2) is 7.48. The SMILES string of the molecule is CC(C)n1cnc(S(=O)(=O)N2CCCC[C@H](c3ccc(Cl)cc3)C2)c1. The monoisotopic (exact) mass is 381 g/mol. The molecule has 1 aromatic carbocycles. The molecule has 25 heavy (non-hydrogen) atoms. The minimum absolute atomic E-state index is 0.137. The molecule has 0 amide bonds. The lowest BCUT2D eigenvalue weighted by Gasteiger charge is -2.23. The highest BCUT2D eigenvalue weighted by atomic mass is 35.5. The smallest absolute Gasteiger partial charge is 0.262 e. The summed E-state index contributed by atoms with van der Waals surface area (Å²) in [5.41, 5.74) is 1.14. The van der Waals surface area contributed by atoms with E-state index in [-0.39, 0.29) is 17.0 Å². The van der Waals surface area contributed by atoms with E-state index < -0.39 is 10.0 Å². The summed E-state index contributed by atoms with van der Waals surface area (Å²) in [7, 11) is -3.57. The van der Waals surface area contributed by atoms with E-state index in [1.807, 2.05) is 42.7 Å². The maximum atomic E-state index is 13.0. The van der Waals surface area contributed by atoms with Crippen molar-refractivity contribution in [3.63, 3.8) is 0 Å². The largest absolute Gasteiger partial charge is 0.334 e. The van der Waals surface area contributed by atoms with Gasteiger partial charge in [-0.15, -0.1) is 0 Å². The first kappa shape index (κ1) is 18.4. The lowest BCUT2D eigenvalue weighted by atomic mass is 9.95. The number of hydrogen-bond donors (Lipinski definition) is 0. The van der Waals surface area contributed by atoms with E-state index in [1.54, 1.807) is 16.8 Å². The van der Waals surface area contributed by atoms with Crippen molar-refractivity contribution in [1.82, 2.24) is 13.9 Å². The maximum Gasteiger partial charge on any atom is 0.262 e. The van der Waals surface area contributed by atoms with Gasteiger partial charge in [0, 0.05) is 30.4 Å². The number of sulfonamides is 1. The van der Waals surface area contributed by atoms with Gasteiger partial charge >= 0.3 is 0 Å². The normalized spacial score (nSPS) is 19.9. The molecular formula is C18H24ClN3O2S. The lowest BCUT2D eigenvalue weighted by molar-refractivity contribution is 0.404. The second-order valence-corrected chi connectivity index (χ2v) is 9.18. The van der Waals surface area contributed by atoms with E-state index in [4.69, 9.17) is 11.6 Å². The van der Waals surface area contributed by atoms with Gasteiger partial charge in [0.05, 0.1) is 6.33 Å². The molecule has 0 radical (unpaired) electrons. The number of imidazole rings is 1. The highest BCUT2D eigenvalue weighted by Crippen LogP contribution is 2.30. The average molecular weight is 382 g/mol. The second-order valence-electron chi connectivity index (χ2n) is 6.86. The average Bonchev–Trinajstić information content (AvgIpc) is 2.95. The van der Waals surface area contributed by atoms with Gasteiger partial charge in [-0.25, -0.2) is 13.4 Å². The molecular weight excluding hydrogens is 358 g/mol. The zero-order valence-corrected chi connectivity index (χ0v) is 16.2. The molecule has 1 aliphatic rings. The Hall–Kier alpha value is -1.37. The predicted octanol–water partition coefficient (Wildman–Crippen LogP) is 4.08. The van der Waals surface area contributed by atoms with Crippen LogP contribution in [0, 0.1) is 0 Å². The summed E-state index contributed by atoms with van der Waals surface area (Å²) in [6.45, 7) is 5.03. The van der Waals surface area contributed by atoms with Gasteiger partial charge in [-0.1, -0.05) is 30.2 Å². The van der Waals surface area contributed by atoms with Crippen LogP contribution in [0.4, 0.5) is 0 Å². The van der Waals surface area contributed by atoms with Crippen LogP contribution in [0.1, 0.15) is 50.6 Å². The molecule has 7 heteroatoms. The number of halogens is 1. The van der Waals surface area contributed by atoms with Crippen LogP contribution >= 0.6 is 11.6 Å². The summed E-state index contributed by atoms with van der Waals surface area (Å²) in [4.78, 5) is 4.14. The molecule has 0 saturated carbocycles. The molecule has 1 saturated heterocycles. The van der Waals surface area contributed by atoms with Crippen LogP contribution in [-0.4, -0.2) is 35.4 Å². The van der Waals surface area contributed by atoms with Crippen LogP contribution in [0.2, 0.25) is 5.02 Å². The lowest BCUT2D eigenvalue weighted by Crippen LogP contribution is -2.34. The van der Waals surface area contributed by atoms with Crippen LogP contribution in [0.25, 0.3) is 0 Å². The fourth-order valence-corrected chi connectivity index (χ4v) is 4.77. The van der Waals surface area contributed by atoms with Crippen LogP contribution in [0.5, 0.6) is 0 Å². The van der Waals surface area contributed by atoms with Crippen LogP contribution in [0.15, 0.2) is 41.8 Å². The zero-order chi connectivity index (χ0) is 18.0. The molecule has 0 N–H and O–H groups in total. The maximum absolute atomic E-state index is 13.0. The third-order valence-corrected chi connectivity index (χ3v) is 6.76. The Labute approximate surface area is 154 Å². The van der Waals surface area contributed by atoms with Gasteiger partial charge in [0.2, 0.25) is 0 Å². The van der Waals surface area contributed by atoms with E-state index in [0.717, 1.165) is 24.8 Å². The molecule has 5 nitrogen and oxygen atoms in total. The van der Waals surface area contributed by atoms with Gasteiger partial charge in [-0.3, -0.25) is 0 Å². The van der Waals surface area contributed by atoms with Gasteiger partial charge in [0.15, 0.2) is 5.03 Å². The van der Waals surface area contributed by atoms with E-state index in [1.165, 1.54) is 0 Å². The van der Waals surface area contributed by atoms with Crippen molar-refractivity contribution in [2.45, 2.75) is 50.1 Å². The summed E-state index contributed by atoms with van der Waals surface area (Å²) in [5.74, 6) is 0.182. The van der Waals surface area contributed by atoms with E-state index in [0.29, 0.717) is 18.1 Å². The highest BCUT2D eigenvalue weighted by molar-refractivity contribution is 7.89. The van der Waals surface area contributed by atoms with Crippen molar-refractivity contribution in [2.24, 2.45) is 0 Å². The number of nitrogens with zero attached hydrogens (tertiary/aromatic N) is 3. The minimum atomic E-state index is -3.57. The molecule has 1 atom stereocenters. The molecule has 0 spiro atoms. The Balaban J connectivity index is 1.85. The van der Waals surface area contributed by atoms with E-state index in [9.17, 15) is 8.42 Å². The van der Waals surface area contributed by atoms with Crippen LogP contribution in [0.3, 0.4) is 0 Å². The quantitative estimate of drug-likeness (QED) is 0.801. The van der Waals surface area contributed by atoms with Crippen molar-refractivity contribution >= 4 is 21.6 Å². The Morgan fingerprint density at radius 3 is 2.56 bits per heavy atom. The molecule has 2 heterocycles. The summed E-state index contributed by atoms with van der Waals surface area (Å²) in [5, 5.41) is 0.832. The Morgan fingerprint density at radius 1 is 1.20 bits per heavy atom. The fourth-order valence-electron chi connectivity index (χ4n) is 3.20. The van der Waals surface area contributed by atoms with Gasteiger partial charge in [-0.05, 0) is 50.3 Å². The standard InChI is InChI=1S/C18H24ClN3O2S/c1-14(2)21-12-18(20-13-21)25(23,24)22-10-4-3-5-16(11-22)15-6-8-17(19)9-7-15/h6-9,12-14,16H,3-5,10-11H2,1-2H3/t16-/m0/s1. The zero-order valence-electron chi connectivity index (χ0n) is 14.6. The van der Waals surface area contributed by atoms with Crippen molar-refractivity contribution in [3.05, 3.63) is 47.4 Å². The molecule has 3 rings (SSSR count). The van der Waals surface area contributed by atoms with E-state index in [2.05, 4.69) is 4.98 Å². The van der Waals surface area contributed by atoms with Gasteiger partial charge in [0.25, 0.3) is 10.0 Å². The van der Waals surface area contributed by atoms with Crippen molar-refractivity contribution in [1.29, 1.82) is 0 Å². The summed E-state index contributed by atoms with van der Waals surface area (Å²) in [6.07, 6.45) is 6.08. The first-order chi connectivity index (χ1) is 11.9. The van der Waals surface area contributed by atoms with Crippen molar-refractivity contribution in [3.8, 4) is 0 Å². The fraction of sp³-hybridized carbons (Fsp3) is 0.500. The molecule has 2 aromatic rings. The molecule has 1 fully saturated rings. The molecule has 0 unspecified atom stereocenters. The number of rotatable bonds is 4. The van der Waals surface area contributed by atoms with Gasteiger partial charge < -0.3 is 4.57 Å². The third kappa shape index (κ3) is 4.07. The Bertz CT molecular complexity index is 815. The first-order valence-electron chi connectivity index (χ1n) is 8.67. The predicted molar refractivity (Wildman–Crippen MR) is 99.4 cm³/mol. The summed E-state index contributed by atoms with van der Waals surface area (Å²) >= 11 is 5.98. The van der Waals surface area contributed by atoms with Crippen LogP contribution in [-0.2, 0) is 10.0 Å². The first-order valence-corrected chi connectivity index (χ1v) is 10.5. The van der Waals surface area contributed by atoms with Crippen LogP contribution < -0.4 is 0 Å². The molecule has 0 aliphatic carbocycles. The summed E-state index contributed by atoms with van der Waals surface area (Å²) < 4.78 is 29.5. The highest BCUT2D eigenvalue weighted by Gasteiger charge is 2.31.